The Balaban J connectivity index is 1.97. The summed E-state index contributed by atoms with van der Waals surface area (Å²) in [6, 6.07) is 2.02. The Bertz CT molecular complexity index is 734. The highest BCUT2D eigenvalue weighted by atomic mass is 16.5. The number of ether oxygens (including phenoxy) is 2. The van der Waals surface area contributed by atoms with Crippen molar-refractivity contribution < 1.29 is 23.5 Å². The Morgan fingerprint density at radius 2 is 2.11 bits per heavy atom. The lowest BCUT2D eigenvalue weighted by Gasteiger charge is -2.58. The van der Waals surface area contributed by atoms with E-state index < -0.39 is 5.41 Å². The first-order valence-corrected chi connectivity index (χ1v) is 10.3. The van der Waals surface area contributed by atoms with Crippen LogP contribution in [0.1, 0.15) is 58.4 Å². The van der Waals surface area contributed by atoms with Gasteiger partial charge >= 0.3 is 11.9 Å². The fraction of sp³-hybridized carbons (Fsp3) is 0.652. The molecule has 4 atom stereocenters. The number of hydrogen-bond donors (Lipinski definition) is 0. The number of carbonyl (C=O) groups excluding carboxylic acids is 2. The second-order valence-corrected chi connectivity index (χ2v) is 8.75. The first-order valence-electron chi connectivity index (χ1n) is 10.3. The van der Waals surface area contributed by atoms with E-state index in [1.165, 1.54) is 19.6 Å². The van der Waals surface area contributed by atoms with Gasteiger partial charge in [0.2, 0.25) is 0 Å². The predicted molar refractivity (Wildman–Crippen MR) is 105 cm³/mol. The molecule has 2 aliphatic rings. The highest BCUT2D eigenvalue weighted by Gasteiger charge is 2.58. The molecule has 1 aromatic heterocycles. The van der Waals surface area contributed by atoms with E-state index in [1.807, 2.05) is 18.4 Å². The van der Waals surface area contributed by atoms with Gasteiger partial charge in [0.1, 0.15) is 6.61 Å². The Hall–Kier alpha value is -2.04. The van der Waals surface area contributed by atoms with E-state index in [2.05, 4.69) is 13.8 Å². The second kappa shape index (κ2) is 8.14. The summed E-state index contributed by atoms with van der Waals surface area (Å²) in [6.45, 7) is 6.35. The highest BCUT2D eigenvalue weighted by molar-refractivity contribution is 5.90. The summed E-state index contributed by atoms with van der Waals surface area (Å²) >= 11 is 0. The van der Waals surface area contributed by atoms with E-state index in [4.69, 9.17) is 13.9 Å². The molecule has 1 saturated carbocycles. The van der Waals surface area contributed by atoms with Gasteiger partial charge in [-0.05, 0) is 67.4 Å². The smallest absolute Gasteiger partial charge is 0.334 e. The lowest BCUT2D eigenvalue weighted by Crippen LogP contribution is -2.54. The highest BCUT2D eigenvalue weighted by Crippen LogP contribution is 2.62. The molecule has 154 valence electrons. The van der Waals surface area contributed by atoms with Crippen LogP contribution in [0.3, 0.4) is 0 Å². The lowest BCUT2D eigenvalue weighted by molar-refractivity contribution is -0.156. The number of furan rings is 1. The van der Waals surface area contributed by atoms with Crippen LogP contribution in [-0.4, -0.2) is 25.7 Å². The van der Waals surface area contributed by atoms with E-state index in [9.17, 15) is 9.59 Å². The molecule has 0 aliphatic heterocycles. The van der Waals surface area contributed by atoms with Gasteiger partial charge in [-0.15, -0.1) is 0 Å². The Kier molecular flexibility index (Phi) is 6.01. The third-order valence-corrected chi connectivity index (χ3v) is 7.42. The number of esters is 2. The van der Waals surface area contributed by atoms with E-state index >= 15 is 0 Å². The van der Waals surface area contributed by atoms with Crippen molar-refractivity contribution in [1.82, 2.24) is 0 Å². The van der Waals surface area contributed by atoms with Gasteiger partial charge in [-0.25, -0.2) is 4.79 Å². The molecule has 0 radical (unpaired) electrons. The number of fused-ring (bicyclic) bond motifs is 1. The number of carbonyl (C=O) groups is 2. The minimum Gasteiger partial charge on any atom is -0.472 e. The predicted octanol–water partition coefficient (Wildman–Crippen LogP) is 4.71. The average molecular weight is 389 g/mol. The molecule has 2 aliphatic carbocycles. The lowest BCUT2D eigenvalue weighted by atomic mass is 9.46. The fourth-order valence-electron chi connectivity index (χ4n) is 5.63. The molecule has 0 bridgehead atoms. The van der Waals surface area contributed by atoms with E-state index in [0.717, 1.165) is 38.5 Å². The normalized spacial score (nSPS) is 32.2. The standard InChI is InChI=1S/C23H32O5/c1-16-8-12-23(15-28-17(2)24)19(21(25)26-4)6-5-7-20(23)22(16,3)11-9-18-10-13-27-14-18/h6,10,13-14,16,20H,5,7-9,11-12,15H2,1-4H3/t16-,20?,22+,23-/m1/s1. The third kappa shape index (κ3) is 3.63. The Morgan fingerprint density at radius 3 is 2.75 bits per heavy atom. The van der Waals surface area contributed by atoms with Crippen LogP contribution >= 0.6 is 0 Å². The molecule has 5 heteroatoms. The molecular weight excluding hydrogens is 356 g/mol. The van der Waals surface area contributed by atoms with Gasteiger partial charge in [-0.3, -0.25) is 4.79 Å². The van der Waals surface area contributed by atoms with Gasteiger partial charge in [0.15, 0.2) is 0 Å². The molecule has 3 rings (SSSR count). The summed E-state index contributed by atoms with van der Waals surface area (Å²) in [5.41, 5.74) is 1.47. The SMILES string of the molecule is COC(=O)C1=CCCC2[C@@]1(COC(C)=O)CC[C@@H](C)[C@]2(C)CCc1ccoc1. The van der Waals surface area contributed by atoms with Crippen molar-refractivity contribution in [3.05, 3.63) is 35.8 Å². The zero-order valence-corrected chi connectivity index (χ0v) is 17.5. The summed E-state index contributed by atoms with van der Waals surface area (Å²) in [5.74, 6) is 0.186. The van der Waals surface area contributed by atoms with E-state index in [1.54, 1.807) is 6.26 Å². The van der Waals surface area contributed by atoms with E-state index in [0.29, 0.717) is 11.5 Å². The number of allylic oxidation sites excluding steroid dienone is 1. The van der Waals surface area contributed by atoms with Gasteiger partial charge in [-0.2, -0.15) is 0 Å². The second-order valence-electron chi connectivity index (χ2n) is 8.75. The van der Waals surface area contributed by atoms with Gasteiger partial charge in [0, 0.05) is 17.9 Å². The Labute approximate surface area is 167 Å². The van der Waals surface area contributed by atoms with Gasteiger partial charge in [0.05, 0.1) is 19.6 Å². The van der Waals surface area contributed by atoms with Crippen molar-refractivity contribution >= 4 is 11.9 Å². The minimum absolute atomic E-state index is 0.0310. The van der Waals surface area contributed by atoms with Gasteiger partial charge < -0.3 is 13.9 Å². The van der Waals surface area contributed by atoms with Crippen molar-refractivity contribution in [2.24, 2.45) is 22.7 Å². The summed E-state index contributed by atoms with van der Waals surface area (Å²) in [6.07, 6.45) is 11.2. The summed E-state index contributed by atoms with van der Waals surface area (Å²) in [7, 11) is 1.43. The van der Waals surface area contributed by atoms with Crippen LogP contribution in [0.5, 0.6) is 0 Å². The van der Waals surface area contributed by atoms with Crippen LogP contribution in [-0.2, 0) is 25.5 Å². The largest absolute Gasteiger partial charge is 0.472 e. The van der Waals surface area contributed by atoms with E-state index in [-0.39, 0.29) is 29.9 Å². The number of hydrogen-bond acceptors (Lipinski definition) is 5. The average Bonchev–Trinajstić information content (AvgIpc) is 3.21. The molecule has 0 amide bonds. The van der Waals surface area contributed by atoms with Crippen LogP contribution in [0.25, 0.3) is 0 Å². The maximum absolute atomic E-state index is 12.7. The zero-order valence-electron chi connectivity index (χ0n) is 17.5. The number of aryl methyl sites for hydroxylation is 1. The molecule has 0 aromatic carbocycles. The molecule has 5 nitrogen and oxygen atoms in total. The first kappa shape index (κ1) is 20.7. The summed E-state index contributed by atoms with van der Waals surface area (Å²) in [4.78, 5) is 24.3. The Morgan fingerprint density at radius 1 is 1.32 bits per heavy atom. The van der Waals surface area contributed by atoms with Crippen molar-refractivity contribution in [1.29, 1.82) is 0 Å². The monoisotopic (exact) mass is 388 g/mol. The molecular formula is C23H32O5. The van der Waals surface area contributed by atoms with Crippen LogP contribution in [0.4, 0.5) is 0 Å². The van der Waals surface area contributed by atoms with Crippen molar-refractivity contribution in [3.63, 3.8) is 0 Å². The van der Waals surface area contributed by atoms with Crippen LogP contribution in [0, 0.1) is 22.7 Å². The maximum atomic E-state index is 12.7. The fourth-order valence-corrected chi connectivity index (χ4v) is 5.63. The minimum atomic E-state index is -0.464. The molecule has 0 spiro atoms. The third-order valence-electron chi connectivity index (χ3n) is 7.42. The molecule has 0 saturated heterocycles. The van der Waals surface area contributed by atoms with Crippen LogP contribution < -0.4 is 0 Å². The zero-order chi connectivity index (χ0) is 20.4. The van der Waals surface area contributed by atoms with Crippen LogP contribution in [0.2, 0.25) is 0 Å². The summed E-state index contributed by atoms with van der Waals surface area (Å²) < 4.78 is 15.9. The summed E-state index contributed by atoms with van der Waals surface area (Å²) in [5, 5.41) is 0. The van der Waals surface area contributed by atoms with Crippen molar-refractivity contribution in [3.8, 4) is 0 Å². The molecule has 1 aromatic rings. The van der Waals surface area contributed by atoms with Gasteiger partial charge in [-0.1, -0.05) is 19.9 Å². The number of rotatable bonds is 6. The molecule has 1 unspecified atom stereocenters. The van der Waals surface area contributed by atoms with Gasteiger partial charge in [0.25, 0.3) is 0 Å². The first-order chi connectivity index (χ1) is 13.3. The molecule has 1 heterocycles. The molecule has 1 fully saturated rings. The van der Waals surface area contributed by atoms with Crippen molar-refractivity contribution in [2.45, 2.75) is 59.3 Å². The maximum Gasteiger partial charge on any atom is 0.334 e. The number of methoxy groups -OCH3 is 1. The topological polar surface area (TPSA) is 65.7 Å². The quantitative estimate of drug-likeness (QED) is 0.661. The molecule has 28 heavy (non-hydrogen) atoms. The molecule has 0 N–H and O–H groups in total. The van der Waals surface area contributed by atoms with Crippen LogP contribution in [0.15, 0.2) is 34.7 Å². The van der Waals surface area contributed by atoms with Crippen molar-refractivity contribution in [2.75, 3.05) is 13.7 Å².